The van der Waals surface area contributed by atoms with Crippen LogP contribution in [0.4, 0.5) is 0 Å². The van der Waals surface area contributed by atoms with Crippen LogP contribution < -0.4 is 0 Å². The largest absolute Gasteiger partial charge is 0.481 e. The zero-order chi connectivity index (χ0) is 17.5. The van der Waals surface area contributed by atoms with Crippen LogP contribution in [-0.4, -0.2) is 23.3 Å². The van der Waals surface area contributed by atoms with Gasteiger partial charge in [-0.2, -0.15) is 0 Å². The number of rotatable bonds is 17. The number of unbranched alkanes of at least 4 members (excludes halogenated alkanes) is 11. The molecule has 1 N–H and O–H groups in total. The van der Waals surface area contributed by atoms with Crippen LogP contribution in [0.2, 0.25) is 0 Å². The summed E-state index contributed by atoms with van der Waals surface area (Å²) < 4.78 is 5.53. The number of hydrogen-bond donors (Lipinski definition) is 1. The number of carboxylic acid groups (broad SMARTS) is 1. The van der Waals surface area contributed by atoms with Gasteiger partial charge in [-0.05, 0) is 25.7 Å². The van der Waals surface area contributed by atoms with Crippen molar-refractivity contribution in [1.29, 1.82) is 0 Å². The Morgan fingerprint density at radius 1 is 0.917 bits per heavy atom. The van der Waals surface area contributed by atoms with Crippen LogP contribution in [0.25, 0.3) is 0 Å². The third-order valence-electron chi connectivity index (χ3n) is 4.80. The summed E-state index contributed by atoms with van der Waals surface area (Å²) in [5, 5.41) is 8.59. The molecule has 0 amide bonds. The van der Waals surface area contributed by atoms with E-state index in [4.69, 9.17) is 9.84 Å². The second-order valence-electron chi connectivity index (χ2n) is 7.18. The summed E-state index contributed by atoms with van der Waals surface area (Å²) in [7, 11) is 0. The van der Waals surface area contributed by atoms with Crippen LogP contribution in [-0.2, 0) is 9.53 Å². The Balaban J connectivity index is 1.77. The Kier molecular flexibility index (Phi) is 12.8. The van der Waals surface area contributed by atoms with Gasteiger partial charge in [0.2, 0.25) is 0 Å². The Morgan fingerprint density at radius 2 is 1.50 bits per heavy atom. The average Bonchev–Trinajstić information content (AvgIpc) is 3.30. The van der Waals surface area contributed by atoms with Crippen molar-refractivity contribution in [3.8, 4) is 0 Å². The first-order chi connectivity index (χ1) is 11.7. The summed E-state index contributed by atoms with van der Waals surface area (Å²) in [6, 6.07) is 0. The topological polar surface area (TPSA) is 49.8 Å². The van der Waals surface area contributed by atoms with E-state index in [9.17, 15) is 4.79 Å². The molecule has 2 unspecified atom stereocenters. The molecule has 0 saturated carbocycles. The molecule has 0 radical (unpaired) electrons. The number of carbonyl (C=O) groups is 1. The fourth-order valence-corrected chi connectivity index (χ4v) is 3.17. The molecule has 0 aromatic rings. The number of ether oxygens (including phenoxy) is 1. The Bertz CT molecular complexity index is 338. The molecule has 0 bridgehead atoms. The highest BCUT2D eigenvalue weighted by molar-refractivity contribution is 5.66. The number of epoxide rings is 1. The molecular formula is C21H38O3. The van der Waals surface area contributed by atoms with Crippen molar-refractivity contribution in [1.82, 2.24) is 0 Å². The molecule has 1 aliphatic heterocycles. The van der Waals surface area contributed by atoms with Crippen LogP contribution in [0.15, 0.2) is 12.2 Å². The third kappa shape index (κ3) is 12.6. The SMILES string of the molecule is CCCCCCCCCCCCC/C=C/C1OC1CCCC(=O)O. The van der Waals surface area contributed by atoms with E-state index in [0.717, 1.165) is 19.3 Å². The van der Waals surface area contributed by atoms with Crippen molar-refractivity contribution in [3.63, 3.8) is 0 Å². The third-order valence-corrected chi connectivity index (χ3v) is 4.80. The fraction of sp³-hybridized carbons (Fsp3) is 0.857. The molecule has 1 aliphatic rings. The maximum atomic E-state index is 10.4. The van der Waals surface area contributed by atoms with Gasteiger partial charge < -0.3 is 9.84 Å². The molecule has 24 heavy (non-hydrogen) atoms. The quantitative estimate of drug-likeness (QED) is 0.193. The zero-order valence-corrected chi connectivity index (χ0v) is 15.7. The second-order valence-corrected chi connectivity index (χ2v) is 7.18. The highest BCUT2D eigenvalue weighted by atomic mass is 16.6. The van der Waals surface area contributed by atoms with Crippen LogP contribution in [0.5, 0.6) is 0 Å². The summed E-state index contributed by atoms with van der Waals surface area (Å²) in [5.41, 5.74) is 0. The van der Waals surface area contributed by atoms with E-state index in [1.807, 2.05) is 0 Å². The van der Waals surface area contributed by atoms with Crippen molar-refractivity contribution >= 4 is 5.97 Å². The van der Waals surface area contributed by atoms with Crippen LogP contribution in [0, 0.1) is 0 Å². The normalized spacial score (nSPS) is 19.9. The summed E-state index contributed by atoms with van der Waals surface area (Å²) in [6.45, 7) is 2.27. The first-order valence-corrected chi connectivity index (χ1v) is 10.3. The molecule has 0 aromatic heterocycles. The van der Waals surface area contributed by atoms with E-state index in [2.05, 4.69) is 19.1 Å². The average molecular weight is 339 g/mol. The minimum atomic E-state index is -0.709. The van der Waals surface area contributed by atoms with Gasteiger partial charge >= 0.3 is 5.97 Å². The molecule has 0 spiro atoms. The molecule has 1 rings (SSSR count). The fourth-order valence-electron chi connectivity index (χ4n) is 3.17. The van der Waals surface area contributed by atoms with Crippen LogP contribution in [0.3, 0.4) is 0 Å². The van der Waals surface area contributed by atoms with E-state index in [0.29, 0.717) is 0 Å². The van der Waals surface area contributed by atoms with Crippen molar-refractivity contribution < 1.29 is 14.6 Å². The lowest BCUT2D eigenvalue weighted by Crippen LogP contribution is -1.97. The van der Waals surface area contributed by atoms with E-state index in [1.54, 1.807) is 0 Å². The summed E-state index contributed by atoms with van der Waals surface area (Å²) in [4.78, 5) is 10.4. The predicted octanol–water partition coefficient (Wildman–Crippen LogP) is 6.27. The maximum absolute atomic E-state index is 10.4. The molecule has 3 heteroatoms. The van der Waals surface area contributed by atoms with E-state index < -0.39 is 5.97 Å². The van der Waals surface area contributed by atoms with Gasteiger partial charge in [-0.15, -0.1) is 0 Å². The molecule has 1 saturated heterocycles. The zero-order valence-electron chi connectivity index (χ0n) is 15.7. The van der Waals surface area contributed by atoms with Gasteiger partial charge in [0, 0.05) is 6.42 Å². The van der Waals surface area contributed by atoms with Gasteiger partial charge in [0.25, 0.3) is 0 Å². The monoisotopic (exact) mass is 338 g/mol. The van der Waals surface area contributed by atoms with E-state index >= 15 is 0 Å². The lowest BCUT2D eigenvalue weighted by atomic mass is 10.1. The number of carboxylic acids is 1. The molecular weight excluding hydrogens is 300 g/mol. The molecule has 0 aromatic carbocycles. The standard InChI is InChI=1S/C21H38O3/c1-2-3-4-5-6-7-8-9-10-11-12-13-14-16-19-20(24-19)17-15-18-21(22)23/h14,16,19-20H,2-13,15,17-18H2,1H3,(H,22,23)/b16-14+. The first kappa shape index (κ1) is 21.2. The van der Waals surface area contributed by atoms with Gasteiger partial charge in [0.15, 0.2) is 0 Å². The van der Waals surface area contributed by atoms with E-state index in [-0.39, 0.29) is 18.6 Å². The smallest absolute Gasteiger partial charge is 0.303 e. The van der Waals surface area contributed by atoms with Crippen molar-refractivity contribution in [2.75, 3.05) is 0 Å². The van der Waals surface area contributed by atoms with Crippen molar-refractivity contribution in [2.24, 2.45) is 0 Å². The lowest BCUT2D eigenvalue weighted by molar-refractivity contribution is -0.137. The van der Waals surface area contributed by atoms with Crippen LogP contribution in [0.1, 0.15) is 103 Å². The number of hydrogen-bond acceptors (Lipinski definition) is 2. The molecule has 140 valence electrons. The van der Waals surface area contributed by atoms with Gasteiger partial charge in [-0.25, -0.2) is 0 Å². The molecule has 1 heterocycles. The van der Waals surface area contributed by atoms with Gasteiger partial charge in [0.05, 0.1) is 6.10 Å². The lowest BCUT2D eigenvalue weighted by Gasteiger charge is -2.01. The van der Waals surface area contributed by atoms with Crippen molar-refractivity contribution in [3.05, 3.63) is 12.2 Å². The van der Waals surface area contributed by atoms with Crippen LogP contribution >= 0.6 is 0 Å². The molecule has 3 nitrogen and oxygen atoms in total. The number of aliphatic carboxylic acids is 1. The minimum absolute atomic E-state index is 0.256. The minimum Gasteiger partial charge on any atom is -0.481 e. The molecule has 0 aliphatic carbocycles. The number of allylic oxidation sites excluding steroid dienone is 1. The van der Waals surface area contributed by atoms with Gasteiger partial charge in [-0.3, -0.25) is 4.79 Å². The predicted molar refractivity (Wildman–Crippen MR) is 100 cm³/mol. The molecule has 1 fully saturated rings. The second kappa shape index (κ2) is 14.5. The van der Waals surface area contributed by atoms with Crippen molar-refractivity contribution in [2.45, 2.75) is 115 Å². The highest BCUT2D eigenvalue weighted by Crippen LogP contribution is 2.28. The van der Waals surface area contributed by atoms with E-state index in [1.165, 1.54) is 70.6 Å². The summed E-state index contributed by atoms with van der Waals surface area (Å²) in [6.07, 6.45) is 23.2. The highest BCUT2D eigenvalue weighted by Gasteiger charge is 2.35. The molecule has 2 atom stereocenters. The Morgan fingerprint density at radius 3 is 2.08 bits per heavy atom. The van der Waals surface area contributed by atoms with Gasteiger partial charge in [-0.1, -0.05) is 83.3 Å². The first-order valence-electron chi connectivity index (χ1n) is 10.3. The summed E-state index contributed by atoms with van der Waals surface area (Å²) >= 11 is 0. The Hall–Kier alpha value is -0.830. The van der Waals surface area contributed by atoms with Gasteiger partial charge in [0.1, 0.15) is 6.10 Å². The summed E-state index contributed by atoms with van der Waals surface area (Å²) in [5.74, 6) is -0.709. The Labute approximate surface area is 148 Å². The maximum Gasteiger partial charge on any atom is 0.303 e.